The maximum Gasteiger partial charge on any atom is 0.323 e. The van der Waals surface area contributed by atoms with E-state index in [1.54, 1.807) is 18.2 Å². The van der Waals surface area contributed by atoms with Crippen molar-refractivity contribution in [3.8, 4) is 6.07 Å². The van der Waals surface area contributed by atoms with Crippen LogP contribution in [0.5, 0.6) is 0 Å². The molecular weight excluding hydrogens is 278 g/mol. The van der Waals surface area contributed by atoms with Gasteiger partial charge in [-0.25, -0.2) is 13.6 Å². The lowest BCUT2D eigenvalue weighted by Gasteiger charge is -2.09. The van der Waals surface area contributed by atoms with Gasteiger partial charge in [0, 0.05) is 11.8 Å². The second kappa shape index (κ2) is 5.88. The van der Waals surface area contributed by atoms with Crippen LogP contribution in [-0.2, 0) is 0 Å². The Balaban J connectivity index is 2.12. The van der Waals surface area contributed by atoms with Crippen molar-refractivity contribution in [2.45, 2.75) is 0 Å². The Hall–Kier alpha value is -3.14. The molecule has 2 amide bonds. The predicted molar refractivity (Wildman–Crippen MR) is 74.6 cm³/mol. The van der Waals surface area contributed by atoms with Gasteiger partial charge in [-0.2, -0.15) is 5.26 Å². The van der Waals surface area contributed by atoms with E-state index < -0.39 is 17.7 Å². The second-order valence-corrected chi connectivity index (χ2v) is 4.13. The average molecular weight is 288 g/mol. The number of nitrogens with one attached hydrogen (secondary N) is 2. The SMILES string of the molecule is N#Cc1cccc(NC(=O)Nc2cc(N)c(F)cc2F)c1. The third-order valence-corrected chi connectivity index (χ3v) is 2.58. The predicted octanol–water partition coefficient (Wildman–Crippen LogP) is 3.06. The molecule has 0 atom stereocenters. The standard InChI is InChI=1S/C14H10F2N4O/c15-10-5-11(16)13(6-12(10)18)20-14(21)19-9-3-1-2-8(4-9)7-17/h1-6H,18H2,(H2,19,20,21). The molecule has 0 spiro atoms. The zero-order valence-corrected chi connectivity index (χ0v) is 10.7. The summed E-state index contributed by atoms with van der Waals surface area (Å²) in [7, 11) is 0. The van der Waals surface area contributed by atoms with Gasteiger partial charge in [-0.3, -0.25) is 0 Å². The number of nitrogens with two attached hydrogens (primary N) is 1. The number of amides is 2. The van der Waals surface area contributed by atoms with Crippen molar-refractivity contribution in [3.63, 3.8) is 0 Å². The molecule has 0 aliphatic rings. The summed E-state index contributed by atoms with van der Waals surface area (Å²) in [4.78, 5) is 11.7. The zero-order chi connectivity index (χ0) is 15.4. The number of nitrogens with zero attached hydrogens (tertiary/aromatic N) is 1. The van der Waals surface area contributed by atoms with E-state index in [-0.39, 0.29) is 11.4 Å². The molecule has 0 bridgehead atoms. The number of rotatable bonds is 2. The van der Waals surface area contributed by atoms with E-state index in [9.17, 15) is 13.6 Å². The Bertz CT molecular complexity index is 740. The number of carbonyl (C=O) groups excluding carboxylic acids is 1. The van der Waals surface area contributed by atoms with Gasteiger partial charge in [0.1, 0.15) is 11.6 Å². The molecule has 0 radical (unpaired) electrons. The average Bonchev–Trinajstić information content (AvgIpc) is 2.45. The van der Waals surface area contributed by atoms with E-state index in [4.69, 9.17) is 11.0 Å². The first-order valence-corrected chi connectivity index (χ1v) is 5.82. The van der Waals surface area contributed by atoms with Crippen LogP contribution in [0, 0.1) is 23.0 Å². The highest BCUT2D eigenvalue weighted by Gasteiger charge is 2.11. The van der Waals surface area contributed by atoms with Gasteiger partial charge in [0.05, 0.1) is 23.0 Å². The summed E-state index contributed by atoms with van der Waals surface area (Å²) in [6.07, 6.45) is 0. The topological polar surface area (TPSA) is 90.9 Å². The number of halogens is 2. The number of nitrogen functional groups attached to an aromatic ring is 1. The van der Waals surface area contributed by atoms with Crippen LogP contribution in [0.1, 0.15) is 5.56 Å². The van der Waals surface area contributed by atoms with Crippen LogP contribution in [0.4, 0.5) is 30.6 Å². The molecule has 2 aromatic carbocycles. The molecule has 2 aromatic rings. The number of benzene rings is 2. The fraction of sp³-hybridized carbons (Fsp3) is 0. The highest BCUT2D eigenvalue weighted by atomic mass is 19.1. The molecule has 0 heterocycles. The Labute approximate surface area is 119 Å². The number of hydrogen-bond acceptors (Lipinski definition) is 3. The third-order valence-electron chi connectivity index (χ3n) is 2.58. The van der Waals surface area contributed by atoms with Gasteiger partial charge in [0.15, 0.2) is 0 Å². The molecule has 0 aliphatic heterocycles. The number of carbonyl (C=O) groups is 1. The minimum Gasteiger partial charge on any atom is -0.396 e. The first-order valence-electron chi connectivity index (χ1n) is 5.82. The smallest absolute Gasteiger partial charge is 0.323 e. The minimum absolute atomic E-state index is 0.247. The Kier molecular flexibility index (Phi) is 4.00. The van der Waals surface area contributed by atoms with Gasteiger partial charge < -0.3 is 16.4 Å². The molecule has 21 heavy (non-hydrogen) atoms. The number of hydrogen-bond donors (Lipinski definition) is 3. The van der Waals surface area contributed by atoms with Gasteiger partial charge in [-0.05, 0) is 24.3 Å². The summed E-state index contributed by atoms with van der Waals surface area (Å²) in [5.74, 6) is -1.84. The summed E-state index contributed by atoms with van der Waals surface area (Å²) in [5.41, 5.74) is 5.51. The molecule has 0 unspecified atom stereocenters. The van der Waals surface area contributed by atoms with E-state index >= 15 is 0 Å². The Morgan fingerprint density at radius 1 is 1.14 bits per heavy atom. The van der Waals surface area contributed by atoms with Crippen molar-refractivity contribution in [2.24, 2.45) is 0 Å². The van der Waals surface area contributed by atoms with Crippen molar-refractivity contribution >= 4 is 23.1 Å². The third kappa shape index (κ3) is 3.45. The molecule has 0 saturated carbocycles. The molecule has 106 valence electrons. The van der Waals surface area contributed by atoms with Crippen LogP contribution in [0.2, 0.25) is 0 Å². The van der Waals surface area contributed by atoms with E-state index in [1.807, 2.05) is 6.07 Å². The van der Waals surface area contributed by atoms with Crippen LogP contribution in [0.15, 0.2) is 36.4 Å². The number of urea groups is 1. The fourth-order valence-corrected chi connectivity index (χ4v) is 1.61. The molecule has 2 rings (SSSR count). The summed E-state index contributed by atoms with van der Waals surface area (Å²) in [6.45, 7) is 0. The van der Waals surface area contributed by atoms with Crippen molar-refractivity contribution in [1.82, 2.24) is 0 Å². The molecule has 0 saturated heterocycles. The molecule has 5 nitrogen and oxygen atoms in total. The lowest BCUT2D eigenvalue weighted by atomic mass is 10.2. The molecule has 0 aromatic heterocycles. The van der Waals surface area contributed by atoms with E-state index in [2.05, 4.69) is 10.6 Å². The number of nitriles is 1. The normalized spacial score (nSPS) is 9.76. The second-order valence-electron chi connectivity index (χ2n) is 4.13. The summed E-state index contributed by atoms with van der Waals surface area (Å²) in [6, 6.07) is 8.93. The monoisotopic (exact) mass is 288 g/mol. The Morgan fingerprint density at radius 3 is 2.62 bits per heavy atom. The first kappa shape index (κ1) is 14.3. The van der Waals surface area contributed by atoms with Crippen LogP contribution < -0.4 is 16.4 Å². The van der Waals surface area contributed by atoms with Crippen LogP contribution in [-0.4, -0.2) is 6.03 Å². The molecule has 4 N–H and O–H groups in total. The highest BCUT2D eigenvalue weighted by Crippen LogP contribution is 2.21. The molecular formula is C14H10F2N4O. The van der Waals surface area contributed by atoms with Crippen molar-refractivity contribution in [3.05, 3.63) is 53.6 Å². The van der Waals surface area contributed by atoms with Gasteiger partial charge in [0.2, 0.25) is 0 Å². The molecule has 7 heteroatoms. The van der Waals surface area contributed by atoms with Crippen LogP contribution >= 0.6 is 0 Å². The maximum absolute atomic E-state index is 13.5. The van der Waals surface area contributed by atoms with Gasteiger partial charge >= 0.3 is 6.03 Å². The molecule has 0 fully saturated rings. The lowest BCUT2D eigenvalue weighted by molar-refractivity contribution is 0.262. The van der Waals surface area contributed by atoms with Crippen LogP contribution in [0.25, 0.3) is 0 Å². The van der Waals surface area contributed by atoms with Crippen LogP contribution in [0.3, 0.4) is 0 Å². The van der Waals surface area contributed by atoms with Crippen molar-refractivity contribution in [2.75, 3.05) is 16.4 Å². The summed E-state index contributed by atoms with van der Waals surface area (Å²) >= 11 is 0. The largest absolute Gasteiger partial charge is 0.396 e. The van der Waals surface area contributed by atoms with E-state index in [0.717, 1.165) is 6.07 Å². The fourth-order valence-electron chi connectivity index (χ4n) is 1.61. The zero-order valence-electron chi connectivity index (χ0n) is 10.7. The number of anilines is 3. The van der Waals surface area contributed by atoms with E-state index in [1.165, 1.54) is 6.07 Å². The molecule has 0 aliphatic carbocycles. The maximum atomic E-state index is 13.5. The van der Waals surface area contributed by atoms with E-state index in [0.29, 0.717) is 17.3 Å². The minimum atomic E-state index is -0.942. The quantitative estimate of drug-likeness (QED) is 0.742. The van der Waals surface area contributed by atoms with Crippen molar-refractivity contribution < 1.29 is 13.6 Å². The highest BCUT2D eigenvalue weighted by molar-refractivity contribution is 6.00. The Morgan fingerprint density at radius 2 is 1.90 bits per heavy atom. The summed E-state index contributed by atoms with van der Waals surface area (Å²) < 4.78 is 26.5. The van der Waals surface area contributed by atoms with Gasteiger partial charge in [-0.1, -0.05) is 6.07 Å². The van der Waals surface area contributed by atoms with Gasteiger partial charge in [0.25, 0.3) is 0 Å². The van der Waals surface area contributed by atoms with Crippen molar-refractivity contribution in [1.29, 1.82) is 5.26 Å². The summed E-state index contributed by atoms with van der Waals surface area (Å²) in [5, 5.41) is 13.4. The first-order chi connectivity index (χ1) is 9.99. The lowest BCUT2D eigenvalue weighted by Crippen LogP contribution is -2.20. The van der Waals surface area contributed by atoms with Gasteiger partial charge in [-0.15, -0.1) is 0 Å².